The summed E-state index contributed by atoms with van der Waals surface area (Å²) in [5.74, 6) is 2.67. The van der Waals surface area contributed by atoms with Crippen molar-refractivity contribution in [2.75, 3.05) is 6.61 Å². The molecule has 0 N–H and O–H groups in total. The summed E-state index contributed by atoms with van der Waals surface area (Å²) in [7, 11) is -1.45. The van der Waals surface area contributed by atoms with Gasteiger partial charge in [0.1, 0.15) is 5.75 Å². The third-order valence-electron chi connectivity index (χ3n) is 3.21. The Balaban J connectivity index is 1.86. The van der Waals surface area contributed by atoms with Crippen LogP contribution in [0.3, 0.4) is 0 Å². The van der Waals surface area contributed by atoms with Crippen molar-refractivity contribution in [2.45, 2.75) is 45.3 Å². The summed E-state index contributed by atoms with van der Waals surface area (Å²) in [6.45, 7) is 9.53. The molecule has 1 atom stereocenters. The van der Waals surface area contributed by atoms with Gasteiger partial charge in [0.2, 0.25) is 8.32 Å². The smallest absolute Gasteiger partial charge is 0.241 e. The van der Waals surface area contributed by atoms with Crippen molar-refractivity contribution in [3.63, 3.8) is 0 Å². The van der Waals surface area contributed by atoms with Gasteiger partial charge >= 0.3 is 0 Å². The van der Waals surface area contributed by atoms with Gasteiger partial charge in [-0.2, -0.15) is 0 Å². The van der Waals surface area contributed by atoms with Gasteiger partial charge in [0.25, 0.3) is 0 Å². The van der Waals surface area contributed by atoms with Gasteiger partial charge in [-0.05, 0) is 51.5 Å². The van der Waals surface area contributed by atoms with Crippen LogP contribution in [0.4, 0.5) is 0 Å². The van der Waals surface area contributed by atoms with E-state index in [-0.39, 0.29) is 0 Å². The first-order valence-corrected chi connectivity index (χ1v) is 10.4. The number of hydrogen-bond donors (Lipinski definition) is 0. The molecule has 1 aromatic rings. The molecule has 3 heteroatoms. The summed E-state index contributed by atoms with van der Waals surface area (Å²) in [5.41, 5.74) is 1.36. The van der Waals surface area contributed by atoms with Gasteiger partial charge in [-0.25, -0.2) is 0 Å². The lowest BCUT2D eigenvalue weighted by atomic mass is 9.96. The number of fused-ring (bicyclic) bond motifs is 1. The standard InChI is InChI=1S/C16H24O2Si/c1-13(18-19(2,3)4)8-7-9-14-12-17-16-11-6-5-10-15(14)16/h5-6,8,10-11,14H,7,9,12H2,1-4H3/b13-8-. The maximum Gasteiger partial charge on any atom is 0.241 e. The van der Waals surface area contributed by atoms with Crippen LogP contribution in [0.2, 0.25) is 19.6 Å². The Morgan fingerprint density at radius 3 is 2.84 bits per heavy atom. The zero-order valence-electron chi connectivity index (χ0n) is 12.4. The zero-order valence-corrected chi connectivity index (χ0v) is 13.4. The van der Waals surface area contributed by atoms with E-state index in [9.17, 15) is 0 Å². The van der Waals surface area contributed by atoms with Crippen LogP contribution in [0, 0.1) is 0 Å². The highest BCUT2D eigenvalue weighted by atomic mass is 28.4. The Kier molecular flexibility index (Phi) is 4.35. The minimum Gasteiger partial charge on any atom is -0.548 e. The average molecular weight is 276 g/mol. The number of para-hydroxylation sites is 1. The fraction of sp³-hybridized carbons (Fsp3) is 0.500. The van der Waals surface area contributed by atoms with Crippen LogP contribution in [-0.2, 0) is 4.43 Å². The van der Waals surface area contributed by atoms with Crippen molar-refractivity contribution in [1.29, 1.82) is 0 Å². The predicted octanol–water partition coefficient (Wildman–Crippen LogP) is 4.70. The molecule has 1 heterocycles. The van der Waals surface area contributed by atoms with Crippen LogP contribution >= 0.6 is 0 Å². The Morgan fingerprint density at radius 1 is 1.37 bits per heavy atom. The summed E-state index contributed by atoms with van der Waals surface area (Å²) < 4.78 is 11.6. The molecule has 0 aromatic heterocycles. The molecule has 19 heavy (non-hydrogen) atoms. The first-order valence-electron chi connectivity index (χ1n) is 7.03. The minimum absolute atomic E-state index is 0.534. The quantitative estimate of drug-likeness (QED) is 0.573. The van der Waals surface area contributed by atoms with Crippen molar-refractivity contribution in [1.82, 2.24) is 0 Å². The lowest BCUT2D eigenvalue weighted by Gasteiger charge is -2.19. The molecule has 0 saturated heterocycles. The Hall–Kier alpha value is -1.22. The van der Waals surface area contributed by atoms with Crippen LogP contribution in [0.25, 0.3) is 0 Å². The highest BCUT2D eigenvalue weighted by Crippen LogP contribution is 2.36. The first-order chi connectivity index (χ1) is 8.96. The third-order valence-corrected chi connectivity index (χ3v) is 4.15. The summed E-state index contributed by atoms with van der Waals surface area (Å²) in [6.07, 6.45) is 4.40. The molecule has 0 saturated carbocycles. The summed E-state index contributed by atoms with van der Waals surface area (Å²) >= 11 is 0. The number of hydrogen-bond acceptors (Lipinski definition) is 2. The van der Waals surface area contributed by atoms with Gasteiger partial charge in [0, 0.05) is 11.5 Å². The van der Waals surface area contributed by atoms with Crippen LogP contribution in [0.1, 0.15) is 31.2 Å². The lowest BCUT2D eigenvalue weighted by molar-refractivity contribution is 0.325. The largest absolute Gasteiger partial charge is 0.548 e. The van der Waals surface area contributed by atoms with E-state index in [1.165, 1.54) is 5.56 Å². The molecule has 0 amide bonds. The van der Waals surface area contributed by atoms with Crippen molar-refractivity contribution in [3.05, 3.63) is 41.7 Å². The maximum absolute atomic E-state index is 5.94. The van der Waals surface area contributed by atoms with E-state index >= 15 is 0 Å². The van der Waals surface area contributed by atoms with E-state index in [0.717, 1.165) is 31.0 Å². The third kappa shape index (κ3) is 4.13. The van der Waals surface area contributed by atoms with Crippen LogP contribution in [0.15, 0.2) is 36.1 Å². The van der Waals surface area contributed by atoms with Gasteiger partial charge in [0.05, 0.1) is 12.4 Å². The average Bonchev–Trinajstić information content (AvgIpc) is 2.70. The summed E-state index contributed by atoms with van der Waals surface area (Å²) in [5, 5.41) is 0. The number of rotatable bonds is 5. The molecule has 1 aliphatic heterocycles. The second kappa shape index (κ2) is 5.82. The predicted molar refractivity (Wildman–Crippen MR) is 82.1 cm³/mol. The first kappa shape index (κ1) is 14.2. The molecule has 0 spiro atoms. The highest BCUT2D eigenvalue weighted by molar-refractivity contribution is 6.70. The molecule has 104 valence electrons. The maximum atomic E-state index is 5.94. The molecule has 0 aliphatic carbocycles. The summed E-state index contributed by atoms with van der Waals surface area (Å²) in [4.78, 5) is 0. The van der Waals surface area contributed by atoms with Gasteiger partial charge in [-0.15, -0.1) is 0 Å². The topological polar surface area (TPSA) is 18.5 Å². The highest BCUT2D eigenvalue weighted by Gasteiger charge is 2.22. The van der Waals surface area contributed by atoms with E-state index in [4.69, 9.17) is 9.16 Å². The number of allylic oxidation sites excluding steroid dienone is 2. The van der Waals surface area contributed by atoms with Crippen LogP contribution in [0.5, 0.6) is 5.75 Å². The molecule has 2 nitrogen and oxygen atoms in total. The Morgan fingerprint density at radius 2 is 2.11 bits per heavy atom. The molecule has 1 unspecified atom stereocenters. The molecule has 1 aromatic carbocycles. The van der Waals surface area contributed by atoms with E-state index in [1.807, 2.05) is 6.07 Å². The van der Waals surface area contributed by atoms with E-state index in [2.05, 4.69) is 50.8 Å². The van der Waals surface area contributed by atoms with Gasteiger partial charge in [-0.3, -0.25) is 0 Å². The van der Waals surface area contributed by atoms with Gasteiger partial charge in [-0.1, -0.05) is 18.2 Å². The van der Waals surface area contributed by atoms with Crippen LogP contribution in [-0.4, -0.2) is 14.9 Å². The van der Waals surface area contributed by atoms with Crippen molar-refractivity contribution >= 4 is 8.32 Å². The number of ether oxygens (including phenoxy) is 1. The molecule has 0 radical (unpaired) electrons. The van der Waals surface area contributed by atoms with E-state index in [0.29, 0.717) is 5.92 Å². The monoisotopic (exact) mass is 276 g/mol. The van der Waals surface area contributed by atoms with Crippen molar-refractivity contribution < 1.29 is 9.16 Å². The molecule has 0 fully saturated rings. The molecule has 2 rings (SSSR count). The minimum atomic E-state index is -1.45. The molecule has 0 bridgehead atoms. The van der Waals surface area contributed by atoms with E-state index < -0.39 is 8.32 Å². The SMILES string of the molecule is C/C(=C/CCC1COc2ccccc21)O[Si](C)(C)C. The Bertz CT molecular complexity index is 460. The Labute approximate surface area is 117 Å². The van der Waals surface area contributed by atoms with E-state index in [1.54, 1.807) is 0 Å². The second-order valence-corrected chi connectivity index (χ2v) is 10.6. The molecular weight excluding hydrogens is 252 g/mol. The van der Waals surface area contributed by atoms with Gasteiger partial charge in [0.15, 0.2) is 0 Å². The number of benzene rings is 1. The molecular formula is C16H24O2Si. The van der Waals surface area contributed by atoms with Crippen molar-refractivity contribution in [2.24, 2.45) is 0 Å². The van der Waals surface area contributed by atoms with Crippen molar-refractivity contribution in [3.8, 4) is 5.75 Å². The normalized spacial score (nSPS) is 18.9. The van der Waals surface area contributed by atoms with Crippen LogP contribution < -0.4 is 4.74 Å². The zero-order chi connectivity index (χ0) is 13.9. The second-order valence-electron chi connectivity index (χ2n) is 6.15. The van der Waals surface area contributed by atoms with Gasteiger partial charge < -0.3 is 9.16 Å². The molecule has 1 aliphatic rings. The summed E-state index contributed by atoms with van der Waals surface area (Å²) in [6, 6.07) is 8.37. The fourth-order valence-corrected chi connectivity index (χ4v) is 3.53. The fourth-order valence-electron chi connectivity index (χ4n) is 2.48. The lowest BCUT2D eigenvalue weighted by Crippen LogP contribution is -2.24.